The number of rotatable bonds is 8. The van der Waals surface area contributed by atoms with Gasteiger partial charge in [-0.15, -0.1) is 0 Å². The Hall–Kier alpha value is -3.61. The van der Waals surface area contributed by atoms with Crippen LogP contribution in [0.15, 0.2) is 54.6 Å². The number of amides is 1. The molecule has 0 aliphatic rings. The minimum Gasteiger partial charge on any atom is -0.497 e. The first-order valence-electron chi connectivity index (χ1n) is 9.62. The van der Waals surface area contributed by atoms with Crippen molar-refractivity contribution in [2.24, 2.45) is 0 Å². The summed E-state index contributed by atoms with van der Waals surface area (Å²) in [6.45, 7) is 4.13. The molecule has 0 aliphatic heterocycles. The van der Waals surface area contributed by atoms with Gasteiger partial charge in [0.2, 0.25) is 0 Å². The van der Waals surface area contributed by atoms with Crippen molar-refractivity contribution >= 4 is 11.9 Å². The molecule has 7 nitrogen and oxygen atoms in total. The maximum atomic E-state index is 12.5. The fourth-order valence-corrected chi connectivity index (χ4v) is 3.10. The summed E-state index contributed by atoms with van der Waals surface area (Å²) in [6, 6.07) is 17.2. The van der Waals surface area contributed by atoms with Gasteiger partial charge < -0.3 is 14.8 Å². The molecule has 0 unspecified atom stereocenters. The molecule has 0 saturated carbocycles. The molecule has 1 amide bonds. The summed E-state index contributed by atoms with van der Waals surface area (Å²) >= 11 is 0. The molecule has 3 rings (SSSR count). The van der Waals surface area contributed by atoms with Gasteiger partial charge in [-0.05, 0) is 37.1 Å². The molecule has 30 heavy (non-hydrogen) atoms. The first-order valence-corrected chi connectivity index (χ1v) is 9.62. The maximum Gasteiger partial charge on any atom is 0.342 e. The number of aryl methyl sites for hydroxylation is 1. The van der Waals surface area contributed by atoms with Crippen LogP contribution in [-0.2, 0) is 22.6 Å². The van der Waals surface area contributed by atoms with Gasteiger partial charge in [-0.2, -0.15) is 5.10 Å². The molecule has 0 saturated heterocycles. The van der Waals surface area contributed by atoms with E-state index >= 15 is 0 Å². The number of benzene rings is 2. The third kappa shape index (κ3) is 5.26. The molecule has 3 aromatic rings. The number of ether oxygens (including phenoxy) is 2. The van der Waals surface area contributed by atoms with Crippen molar-refractivity contribution in [2.45, 2.75) is 26.9 Å². The van der Waals surface area contributed by atoms with Crippen LogP contribution in [0.1, 0.15) is 32.9 Å². The zero-order chi connectivity index (χ0) is 21.5. The monoisotopic (exact) mass is 407 g/mol. The second-order valence-corrected chi connectivity index (χ2v) is 6.89. The average Bonchev–Trinajstić information content (AvgIpc) is 3.04. The standard InChI is InChI=1S/C23H25N3O4/c1-16-22(17(2)26(25-16)14-19-7-5-4-6-8-19)23(28)30-15-21(27)24-13-18-9-11-20(29-3)12-10-18/h4-12H,13-15H2,1-3H3,(H,24,27). The summed E-state index contributed by atoms with van der Waals surface area (Å²) in [4.78, 5) is 24.6. The van der Waals surface area contributed by atoms with Crippen molar-refractivity contribution in [3.63, 3.8) is 0 Å². The van der Waals surface area contributed by atoms with Crippen molar-refractivity contribution in [1.82, 2.24) is 15.1 Å². The summed E-state index contributed by atoms with van der Waals surface area (Å²) in [5.74, 6) is -0.174. The fourth-order valence-electron chi connectivity index (χ4n) is 3.10. The van der Waals surface area contributed by atoms with E-state index in [9.17, 15) is 9.59 Å². The Bertz CT molecular complexity index is 1010. The SMILES string of the molecule is COc1ccc(CNC(=O)COC(=O)c2c(C)nn(Cc3ccccc3)c2C)cc1. The van der Waals surface area contributed by atoms with Gasteiger partial charge in [-0.3, -0.25) is 9.48 Å². The van der Waals surface area contributed by atoms with E-state index in [1.165, 1.54) is 0 Å². The van der Waals surface area contributed by atoms with Crippen molar-refractivity contribution in [3.05, 3.63) is 82.7 Å². The van der Waals surface area contributed by atoms with Crippen molar-refractivity contribution in [3.8, 4) is 5.75 Å². The molecule has 0 bridgehead atoms. The number of aromatic nitrogens is 2. The Morgan fingerprint density at radius 3 is 2.37 bits per heavy atom. The van der Waals surface area contributed by atoms with E-state index < -0.39 is 5.97 Å². The van der Waals surface area contributed by atoms with E-state index in [2.05, 4.69) is 10.4 Å². The summed E-state index contributed by atoms with van der Waals surface area (Å²) < 4.78 is 12.1. The third-order valence-corrected chi connectivity index (χ3v) is 4.74. The molecule has 0 spiro atoms. The molecule has 2 aromatic carbocycles. The van der Waals surface area contributed by atoms with Crippen molar-refractivity contribution < 1.29 is 19.1 Å². The molecule has 0 radical (unpaired) electrons. The third-order valence-electron chi connectivity index (χ3n) is 4.74. The highest BCUT2D eigenvalue weighted by atomic mass is 16.5. The highest BCUT2D eigenvalue weighted by Gasteiger charge is 2.21. The molecule has 0 aliphatic carbocycles. The normalized spacial score (nSPS) is 10.5. The first-order chi connectivity index (χ1) is 14.5. The van der Waals surface area contributed by atoms with Gasteiger partial charge in [0.15, 0.2) is 6.61 Å². The fraction of sp³-hybridized carbons (Fsp3) is 0.261. The van der Waals surface area contributed by atoms with Crippen LogP contribution in [0.2, 0.25) is 0 Å². The largest absolute Gasteiger partial charge is 0.497 e. The van der Waals surface area contributed by atoms with Crippen LogP contribution >= 0.6 is 0 Å². The van der Waals surface area contributed by atoms with Gasteiger partial charge in [0.25, 0.3) is 5.91 Å². The number of carbonyl (C=O) groups is 2. The van der Waals surface area contributed by atoms with E-state index in [1.807, 2.05) is 61.5 Å². The summed E-state index contributed by atoms with van der Waals surface area (Å²) in [7, 11) is 1.60. The Morgan fingerprint density at radius 2 is 1.70 bits per heavy atom. The molecule has 0 atom stereocenters. The maximum absolute atomic E-state index is 12.5. The van der Waals surface area contributed by atoms with Gasteiger partial charge >= 0.3 is 5.97 Å². The lowest BCUT2D eigenvalue weighted by Crippen LogP contribution is -2.28. The zero-order valence-corrected chi connectivity index (χ0v) is 17.3. The van der Waals surface area contributed by atoms with Crippen LogP contribution in [-0.4, -0.2) is 35.4 Å². The first kappa shape index (κ1) is 21.1. The predicted molar refractivity (Wildman–Crippen MR) is 112 cm³/mol. The van der Waals surface area contributed by atoms with E-state index in [4.69, 9.17) is 9.47 Å². The van der Waals surface area contributed by atoms with Gasteiger partial charge in [-0.1, -0.05) is 42.5 Å². The van der Waals surface area contributed by atoms with Gasteiger partial charge in [0.05, 0.1) is 25.0 Å². The Labute approximate surface area is 175 Å². The van der Waals surface area contributed by atoms with E-state index in [-0.39, 0.29) is 12.5 Å². The number of hydrogen-bond acceptors (Lipinski definition) is 5. The minimum atomic E-state index is -0.552. The van der Waals surface area contributed by atoms with E-state index in [0.717, 1.165) is 16.9 Å². The van der Waals surface area contributed by atoms with Crippen LogP contribution in [0, 0.1) is 13.8 Å². The molecule has 1 aromatic heterocycles. The molecule has 156 valence electrons. The number of hydrogen-bond donors (Lipinski definition) is 1. The van der Waals surface area contributed by atoms with E-state index in [1.54, 1.807) is 18.7 Å². The van der Waals surface area contributed by atoms with Gasteiger partial charge in [0.1, 0.15) is 11.3 Å². The smallest absolute Gasteiger partial charge is 0.342 e. The quantitative estimate of drug-likeness (QED) is 0.581. The van der Waals surface area contributed by atoms with Gasteiger partial charge in [0, 0.05) is 6.54 Å². The Balaban J connectivity index is 1.54. The highest BCUT2D eigenvalue weighted by Crippen LogP contribution is 2.16. The van der Waals surface area contributed by atoms with Crippen LogP contribution in [0.25, 0.3) is 0 Å². The summed E-state index contributed by atoms with van der Waals surface area (Å²) in [6.07, 6.45) is 0. The number of methoxy groups -OCH3 is 1. The lowest BCUT2D eigenvalue weighted by atomic mass is 10.2. The minimum absolute atomic E-state index is 0.341. The topological polar surface area (TPSA) is 82.4 Å². The lowest BCUT2D eigenvalue weighted by molar-refractivity contribution is -0.124. The van der Waals surface area contributed by atoms with Gasteiger partial charge in [-0.25, -0.2) is 4.79 Å². The number of esters is 1. The second kappa shape index (κ2) is 9.73. The van der Waals surface area contributed by atoms with Crippen LogP contribution in [0.5, 0.6) is 5.75 Å². The Kier molecular flexibility index (Phi) is 6.85. The summed E-state index contributed by atoms with van der Waals surface area (Å²) in [5.41, 5.74) is 3.69. The molecule has 7 heteroatoms. The average molecular weight is 407 g/mol. The van der Waals surface area contributed by atoms with Crippen molar-refractivity contribution in [2.75, 3.05) is 13.7 Å². The molecule has 0 fully saturated rings. The van der Waals surface area contributed by atoms with Crippen LogP contribution in [0.3, 0.4) is 0 Å². The summed E-state index contributed by atoms with van der Waals surface area (Å²) in [5, 5.41) is 7.18. The zero-order valence-electron chi connectivity index (χ0n) is 17.3. The molecular formula is C23H25N3O4. The molecular weight excluding hydrogens is 382 g/mol. The number of carbonyl (C=O) groups excluding carboxylic acids is 2. The lowest BCUT2D eigenvalue weighted by Gasteiger charge is -2.08. The molecule has 1 N–H and O–H groups in total. The Morgan fingerprint density at radius 1 is 1.00 bits per heavy atom. The van der Waals surface area contributed by atoms with E-state index in [0.29, 0.717) is 30.0 Å². The highest BCUT2D eigenvalue weighted by molar-refractivity contribution is 5.93. The second-order valence-electron chi connectivity index (χ2n) is 6.89. The van der Waals surface area contributed by atoms with Crippen LogP contribution in [0.4, 0.5) is 0 Å². The van der Waals surface area contributed by atoms with Crippen LogP contribution < -0.4 is 10.1 Å². The number of nitrogens with zero attached hydrogens (tertiary/aromatic N) is 2. The number of nitrogens with one attached hydrogen (secondary N) is 1. The predicted octanol–water partition coefficient (Wildman–Crippen LogP) is 3.03. The van der Waals surface area contributed by atoms with Crippen molar-refractivity contribution in [1.29, 1.82) is 0 Å². The molecule has 1 heterocycles.